The van der Waals surface area contributed by atoms with Crippen LogP contribution in [0, 0.1) is 5.82 Å². The smallest absolute Gasteiger partial charge is 0.239 e. The number of carbonyl (C=O) groups excluding carboxylic acids is 1. The van der Waals surface area contributed by atoms with Crippen molar-refractivity contribution in [1.82, 2.24) is 10.2 Å². The molecule has 1 atom stereocenters. The molecule has 1 aliphatic rings. The first-order chi connectivity index (χ1) is 8.20. The molecule has 0 radical (unpaired) electrons. The maximum absolute atomic E-state index is 13.0. The standard InChI is InChI=1S/C13H17FN2O/c1-15-12-6-8-16(13(12)17)7-5-10-3-2-4-11(14)9-10/h2-4,9,12,15H,5-8H2,1H3. The topological polar surface area (TPSA) is 32.3 Å². The number of halogens is 1. The second kappa shape index (κ2) is 5.27. The molecule has 0 aromatic heterocycles. The normalized spacial score (nSPS) is 20.0. The number of likely N-dealkylation sites (N-methyl/N-ethyl adjacent to an activating group) is 1. The molecule has 1 unspecified atom stereocenters. The van der Waals surface area contributed by atoms with Crippen LogP contribution < -0.4 is 5.32 Å². The zero-order valence-corrected chi connectivity index (χ0v) is 9.95. The quantitative estimate of drug-likeness (QED) is 0.851. The minimum atomic E-state index is -0.219. The van der Waals surface area contributed by atoms with Crippen molar-refractivity contribution in [3.8, 4) is 0 Å². The van der Waals surface area contributed by atoms with Crippen LogP contribution in [0.4, 0.5) is 4.39 Å². The average Bonchev–Trinajstić information content (AvgIpc) is 2.67. The maximum Gasteiger partial charge on any atom is 0.239 e. The molecule has 2 rings (SSSR count). The first-order valence-electron chi connectivity index (χ1n) is 5.91. The van der Waals surface area contributed by atoms with Gasteiger partial charge in [0.2, 0.25) is 5.91 Å². The van der Waals surface area contributed by atoms with E-state index in [1.807, 2.05) is 11.0 Å². The van der Waals surface area contributed by atoms with Crippen LogP contribution >= 0.6 is 0 Å². The maximum atomic E-state index is 13.0. The summed E-state index contributed by atoms with van der Waals surface area (Å²) in [6.07, 6.45) is 1.57. The number of nitrogens with zero attached hydrogens (tertiary/aromatic N) is 1. The molecule has 0 aliphatic carbocycles. The Hall–Kier alpha value is -1.42. The molecule has 4 heteroatoms. The highest BCUT2D eigenvalue weighted by Crippen LogP contribution is 2.12. The largest absolute Gasteiger partial charge is 0.341 e. The Morgan fingerprint density at radius 3 is 3.00 bits per heavy atom. The van der Waals surface area contributed by atoms with Gasteiger partial charge in [-0.1, -0.05) is 12.1 Å². The van der Waals surface area contributed by atoms with Crippen molar-refractivity contribution < 1.29 is 9.18 Å². The fourth-order valence-corrected chi connectivity index (χ4v) is 2.19. The zero-order chi connectivity index (χ0) is 12.3. The molecule has 1 heterocycles. The number of amides is 1. The lowest BCUT2D eigenvalue weighted by Gasteiger charge is -2.16. The predicted octanol–water partition coefficient (Wildman–Crippen LogP) is 1.19. The molecule has 92 valence electrons. The predicted molar refractivity (Wildman–Crippen MR) is 64.1 cm³/mol. The molecule has 1 amide bonds. The summed E-state index contributed by atoms with van der Waals surface area (Å²) in [6.45, 7) is 1.46. The molecule has 1 aliphatic heterocycles. The van der Waals surface area contributed by atoms with Crippen LogP contribution in [-0.4, -0.2) is 37.0 Å². The number of benzene rings is 1. The summed E-state index contributed by atoms with van der Waals surface area (Å²) in [5.74, 6) is -0.0627. The molecule has 1 aromatic rings. The molecular formula is C13H17FN2O. The van der Waals surface area contributed by atoms with Gasteiger partial charge >= 0.3 is 0 Å². The molecule has 1 saturated heterocycles. The van der Waals surface area contributed by atoms with Crippen molar-refractivity contribution in [1.29, 1.82) is 0 Å². The highest BCUT2D eigenvalue weighted by molar-refractivity contribution is 5.83. The monoisotopic (exact) mass is 236 g/mol. The van der Waals surface area contributed by atoms with Crippen molar-refractivity contribution in [2.24, 2.45) is 0 Å². The second-order valence-corrected chi connectivity index (χ2v) is 4.34. The SMILES string of the molecule is CNC1CCN(CCc2cccc(F)c2)C1=O. The van der Waals surface area contributed by atoms with E-state index in [1.165, 1.54) is 12.1 Å². The summed E-state index contributed by atoms with van der Waals surface area (Å²) < 4.78 is 13.0. The first-order valence-corrected chi connectivity index (χ1v) is 5.91. The Morgan fingerprint density at radius 1 is 1.53 bits per heavy atom. The molecule has 1 fully saturated rings. The van der Waals surface area contributed by atoms with Gasteiger partial charge in [-0.05, 0) is 37.6 Å². The summed E-state index contributed by atoms with van der Waals surface area (Å²) in [5.41, 5.74) is 0.936. The first kappa shape index (κ1) is 12.0. The van der Waals surface area contributed by atoms with Crippen molar-refractivity contribution in [3.63, 3.8) is 0 Å². The van der Waals surface area contributed by atoms with Crippen LogP contribution in [0.15, 0.2) is 24.3 Å². The molecular weight excluding hydrogens is 219 g/mol. The second-order valence-electron chi connectivity index (χ2n) is 4.34. The van der Waals surface area contributed by atoms with Gasteiger partial charge in [0.15, 0.2) is 0 Å². The highest BCUT2D eigenvalue weighted by Gasteiger charge is 2.29. The number of nitrogens with one attached hydrogen (secondary N) is 1. The zero-order valence-electron chi connectivity index (χ0n) is 9.95. The van der Waals surface area contributed by atoms with Crippen LogP contribution in [0.5, 0.6) is 0 Å². The number of hydrogen-bond acceptors (Lipinski definition) is 2. The van der Waals surface area contributed by atoms with E-state index in [1.54, 1.807) is 13.1 Å². The average molecular weight is 236 g/mol. The lowest BCUT2D eigenvalue weighted by atomic mass is 10.1. The molecule has 0 saturated carbocycles. The van der Waals surface area contributed by atoms with E-state index in [-0.39, 0.29) is 17.8 Å². The molecule has 0 bridgehead atoms. The van der Waals surface area contributed by atoms with Crippen LogP contribution in [0.2, 0.25) is 0 Å². The summed E-state index contributed by atoms with van der Waals surface area (Å²) in [5, 5.41) is 3.00. The summed E-state index contributed by atoms with van der Waals surface area (Å²) in [7, 11) is 1.80. The van der Waals surface area contributed by atoms with Crippen molar-refractivity contribution in [2.75, 3.05) is 20.1 Å². The Morgan fingerprint density at radius 2 is 2.35 bits per heavy atom. The van der Waals surface area contributed by atoms with Gasteiger partial charge < -0.3 is 10.2 Å². The molecule has 3 nitrogen and oxygen atoms in total. The van der Waals surface area contributed by atoms with E-state index >= 15 is 0 Å². The van der Waals surface area contributed by atoms with Gasteiger partial charge in [-0.15, -0.1) is 0 Å². The Bertz CT molecular complexity index is 408. The van der Waals surface area contributed by atoms with Crippen molar-refractivity contribution in [3.05, 3.63) is 35.6 Å². The van der Waals surface area contributed by atoms with Crippen molar-refractivity contribution >= 4 is 5.91 Å². The van der Waals surface area contributed by atoms with Gasteiger partial charge in [0.25, 0.3) is 0 Å². The third-order valence-electron chi connectivity index (χ3n) is 3.21. The Labute approximate surface area is 101 Å². The van der Waals surface area contributed by atoms with Crippen molar-refractivity contribution in [2.45, 2.75) is 18.9 Å². The number of hydrogen-bond donors (Lipinski definition) is 1. The van der Waals surface area contributed by atoms with Gasteiger partial charge in [-0.3, -0.25) is 4.79 Å². The number of likely N-dealkylation sites (tertiary alicyclic amines) is 1. The van der Waals surface area contributed by atoms with Gasteiger partial charge in [-0.25, -0.2) is 4.39 Å². The van der Waals surface area contributed by atoms with E-state index in [4.69, 9.17) is 0 Å². The van der Waals surface area contributed by atoms with Crippen LogP contribution in [0.1, 0.15) is 12.0 Å². The minimum Gasteiger partial charge on any atom is -0.341 e. The lowest BCUT2D eigenvalue weighted by Crippen LogP contribution is -2.37. The van der Waals surface area contributed by atoms with E-state index in [0.717, 1.165) is 18.5 Å². The van der Waals surface area contributed by atoms with E-state index in [9.17, 15) is 9.18 Å². The van der Waals surface area contributed by atoms with Gasteiger partial charge in [-0.2, -0.15) is 0 Å². The summed E-state index contributed by atoms with van der Waals surface area (Å²) in [4.78, 5) is 13.7. The summed E-state index contributed by atoms with van der Waals surface area (Å²) in [6, 6.07) is 6.51. The summed E-state index contributed by atoms with van der Waals surface area (Å²) >= 11 is 0. The lowest BCUT2D eigenvalue weighted by molar-refractivity contribution is -0.129. The van der Waals surface area contributed by atoms with Gasteiger partial charge in [0.1, 0.15) is 5.82 Å². The van der Waals surface area contributed by atoms with Crippen LogP contribution in [0.3, 0.4) is 0 Å². The van der Waals surface area contributed by atoms with Gasteiger partial charge in [0.05, 0.1) is 6.04 Å². The van der Waals surface area contributed by atoms with Crippen LogP contribution in [0.25, 0.3) is 0 Å². The molecule has 1 aromatic carbocycles. The van der Waals surface area contributed by atoms with E-state index in [2.05, 4.69) is 5.32 Å². The fourth-order valence-electron chi connectivity index (χ4n) is 2.19. The number of carbonyl (C=O) groups is 1. The molecule has 0 spiro atoms. The third-order valence-corrected chi connectivity index (χ3v) is 3.21. The van der Waals surface area contributed by atoms with E-state index in [0.29, 0.717) is 13.0 Å². The molecule has 17 heavy (non-hydrogen) atoms. The third kappa shape index (κ3) is 2.82. The molecule has 1 N–H and O–H groups in total. The highest BCUT2D eigenvalue weighted by atomic mass is 19.1. The Kier molecular flexibility index (Phi) is 3.74. The van der Waals surface area contributed by atoms with Gasteiger partial charge in [0, 0.05) is 13.1 Å². The van der Waals surface area contributed by atoms with Crippen LogP contribution in [-0.2, 0) is 11.2 Å². The van der Waals surface area contributed by atoms with E-state index < -0.39 is 0 Å². The fraction of sp³-hybridized carbons (Fsp3) is 0.462. The minimum absolute atomic E-state index is 0.0393. The Balaban J connectivity index is 1.89. The number of rotatable bonds is 4.